The molecule has 5 nitrogen and oxygen atoms in total. The second-order valence-corrected chi connectivity index (χ2v) is 5.05. The Kier molecular flexibility index (Phi) is 4.38. The van der Waals surface area contributed by atoms with Crippen LogP contribution in [-0.4, -0.2) is 22.9 Å². The van der Waals surface area contributed by atoms with Crippen LogP contribution in [-0.2, 0) is 11.3 Å². The van der Waals surface area contributed by atoms with E-state index in [1.165, 1.54) is 7.11 Å². The van der Waals surface area contributed by atoms with Crippen LogP contribution in [0.15, 0.2) is 67.0 Å². The molecule has 0 aliphatic rings. The monoisotopic (exact) mass is 307 g/mol. The van der Waals surface area contributed by atoms with Crippen molar-refractivity contribution in [2.24, 2.45) is 0 Å². The van der Waals surface area contributed by atoms with Gasteiger partial charge in [0.25, 0.3) is 0 Å². The van der Waals surface area contributed by atoms with Gasteiger partial charge in [-0.25, -0.2) is 9.48 Å². The van der Waals surface area contributed by atoms with Crippen LogP contribution in [0.3, 0.4) is 0 Å². The van der Waals surface area contributed by atoms with Crippen molar-refractivity contribution in [3.05, 3.63) is 78.1 Å². The van der Waals surface area contributed by atoms with Crippen molar-refractivity contribution in [2.45, 2.75) is 6.54 Å². The average molecular weight is 307 g/mol. The summed E-state index contributed by atoms with van der Waals surface area (Å²) >= 11 is 0. The molecule has 0 amide bonds. The fourth-order valence-electron chi connectivity index (χ4n) is 2.22. The standard InChI is InChI=1S/C18H17N3O2/c1-23-18(22)15-9-7-14(8-10-15)11-19-16-12-20-21(13-16)17-5-3-2-4-6-17/h2-10,12-13,19H,11H2,1H3. The fourth-order valence-corrected chi connectivity index (χ4v) is 2.22. The summed E-state index contributed by atoms with van der Waals surface area (Å²) in [5.74, 6) is -0.325. The van der Waals surface area contributed by atoms with Crippen LogP contribution in [0.2, 0.25) is 0 Å². The number of nitrogens with zero attached hydrogens (tertiary/aromatic N) is 2. The third-order valence-electron chi connectivity index (χ3n) is 3.47. The quantitative estimate of drug-likeness (QED) is 0.735. The van der Waals surface area contributed by atoms with Crippen LogP contribution in [0.4, 0.5) is 5.69 Å². The average Bonchev–Trinajstić information content (AvgIpc) is 3.09. The van der Waals surface area contributed by atoms with E-state index < -0.39 is 0 Å². The number of benzene rings is 2. The number of nitrogens with one attached hydrogen (secondary N) is 1. The molecule has 1 aromatic heterocycles. The summed E-state index contributed by atoms with van der Waals surface area (Å²) in [6, 6.07) is 17.3. The van der Waals surface area contributed by atoms with E-state index in [1.54, 1.807) is 18.3 Å². The number of carbonyl (C=O) groups is 1. The van der Waals surface area contributed by atoms with E-state index in [2.05, 4.69) is 15.2 Å². The van der Waals surface area contributed by atoms with Crippen molar-refractivity contribution in [2.75, 3.05) is 12.4 Å². The Labute approximate surface area is 134 Å². The van der Waals surface area contributed by atoms with E-state index in [-0.39, 0.29) is 5.97 Å². The first kappa shape index (κ1) is 14.8. The lowest BCUT2D eigenvalue weighted by molar-refractivity contribution is 0.0600. The molecule has 0 saturated heterocycles. The number of hydrogen-bond donors (Lipinski definition) is 1. The van der Waals surface area contributed by atoms with Crippen molar-refractivity contribution in [1.82, 2.24) is 9.78 Å². The lowest BCUT2D eigenvalue weighted by Gasteiger charge is -2.05. The molecular weight excluding hydrogens is 290 g/mol. The third kappa shape index (κ3) is 3.58. The summed E-state index contributed by atoms with van der Waals surface area (Å²) in [4.78, 5) is 11.4. The van der Waals surface area contributed by atoms with Gasteiger partial charge in [-0.3, -0.25) is 0 Å². The Bertz CT molecular complexity index is 780. The number of rotatable bonds is 5. The molecule has 23 heavy (non-hydrogen) atoms. The van der Waals surface area contributed by atoms with Gasteiger partial charge in [-0.2, -0.15) is 5.10 Å². The van der Waals surface area contributed by atoms with E-state index >= 15 is 0 Å². The minimum atomic E-state index is -0.325. The van der Waals surface area contributed by atoms with E-state index in [1.807, 2.05) is 53.3 Å². The molecule has 0 atom stereocenters. The summed E-state index contributed by atoms with van der Waals surface area (Å²) < 4.78 is 6.51. The van der Waals surface area contributed by atoms with E-state index in [0.29, 0.717) is 12.1 Å². The van der Waals surface area contributed by atoms with Crippen molar-refractivity contribution in [3.63, 3.8) is 0 Å². The Balaban J connectivity index is 1.63. The summed E-state index contributed by atoms with van der Waals surface area (Å²) in [5.41, 5.74) is 3.58. The van der Waals surface area contributed by atoms with Gasteiger partial charge in [0.1, 0.15) is 0 Å². The van der Waals surface area contributed by atoms with Crippen LogP contribution in [0.25, 0.3) is 5.69 Å². The highest BCUT2D eigenvalue weighted by molar-refractivity contribution is 5.89. The van der Waals surface area contributed by atoms with Crippen LogP contribution < -0.4 is 5.32 Å². The molecule has 0 bridgehead atoms. The maximum absolute atomic E-state index is 11.4. The molecule has 3 rings (SSSR count). The highest BCUT2D eigenvalue weighted by atomic mass is 16.5. The summed E-state index contributed by atoms with van der Waals surface area (Å²) in [7, 11) is 1.38. The molecular formula is C18H17N3O2. The van der Waals surface area contributed by atoms with Gasteiger partial charge in [0.15, 0.2) is 0 Å². The molecule has 0 unspecified atom stereocenters. The van der Waals surface area contributed by atoms with Gasteiger partial charge in [0, 0.05) is 6.54 Å². The molecule has 116 valence electrons. The number of carbonyl (C=O) groups excluding carboxylic acids is 1. The molecule has 0 radical (unpaired) electrons. The first-order valence-electron chi connectivity index (χ1n) is 7.27. The number of methoxy groups -OCH3 is 1. The van der Waals surface area contributed by atoms with Crippen LogP contribution in [0, 0.1) is 0 Å². The Morgan fingerprint density at radius 2 is 1.87 bits per heavy atom. The van der Waals surface area contributed by atoms with Crippen LogP contribution >= 0.6 is 0 Å². The fraction of sp³-hybridized carbons (Fsp3) is 0.111. The summed E-state index contributed by atoms with van der Waals surface area (Å²) in [6.45, 7) is 0.655. The molecule has 0 aliphatic heterocycles. The van der Waals surface area contributed by atoms with Crippen LogP contribution in [0.1, 0.15) is 15.9 Å². The predicted octanol–water partition coefficient (Wildman–Crippen LogP) is 3.27. The molecule has 1 N–H and O–H groups in total. The van der Waals surface area contributed by atoms with Gasteiger partial charge < -0.3 is 10.1 Å². The van der Waals surface area contributed by atoms with E-state index in [4.69, 9.17) is 0 Å². The number of ether oxygens (including phenoxy) is 1. The Morgan fingerprint density at radius 1 is 1.13 bits per heavy atom. The second kappa shape index (κ2) is 6.79. The minimum absolute atomic E-state index is 0.325. The SMILES string of the molecule is COC(=O)c1ccc(CNc2cnn(-c3ccccc3)c2)cc1. The molecule has 1 heterocycles. The minimum Gasteiger partial charge on any atom is -0.465 e. The first-order valence-corrected chi connectivity index (χ1v) is 7.27. The summed E-state index contributed by atoms with van der Waals surface area (Å²) in [5, 5.41) is 7.65. The largest absolute Gasteiger partial charge is 0.465 e. The van der Waals surface area contributed by atoms with Crippen molar-refractivity contribution in [3.8, 4) is 5.69 Å². The smallest absolute Gasteiger partial charge is 0.337 e. The highest BCUT2D eigenvalue weighted by Crippen LogP contribution is 2.13. The highest BCUT2D eigenvalue weighted by Gasteiger charge is 2.05. The van der Waals surface area contributed by atoms with E-state index in [9.17, 15) is 4.79 Å². The lowest BCUT2D eigenvalue weighted by atomic mass is 10.1. The van der Waals surface area contributed by atoms with Gasteiger partial charge >= 0.3 is 5.97 Å². The van der Waals surface area contributed by atoms with Crippen molar-refractivity contribution in [1.29, 1.82) is 0 Å². The Morgan fingerprint density at radius 3 is 2.57 bits per heavy atom. The summed E-state index contributed by atoms with van der Waals surface area (Å²) in [6.07, 6.45) is 3.73. The molecule has 0 aliphatic carbocycles. The maximum Gasteiger partial charge on any atom is 0.337 e. The normalized spacial score (nSPS) is 10.3. The number of anilines is 1. The molecule has 0 fully saturated rings. The number of aromatic nitrogens is 2. The number of esters is 1. The van der Waals surface area contributed by atoms with Crippen LogP contribution in [0.5, 0.6) is 0 Å². The molecule has 3 aromatic rings. The maximum atomic E-state index is 11.4. The molecule has 5 heteroatoms. The lowest BCUT2D eigenvalue weighted by Crippen LogP contribution is -2.02. The molecule has 2 aromatic carbocycles. The molecule has 0 spiro atoms. The van der Waals surface area contributed by atoms with Crippen molar-refractivity contribution < 1.29 is 9.53 Å². The van der Waals surface area contributed by atoms with Gasteiger partial charge in [-0.05, 0) is 29.8 Å². The Hall–Kier alpha value is -3.08. The zero-order valence-electron chi connectivity index (χ0n) is 12.8. The van der Waals surface area contributed by atoms with Gasteiger partial charge in [0.05, 0.1) is 36.4 Å². The zero-order valence-corrected chi connectivity index (χ0v) is 12.8. The second-order valence-electron chi connectivity index (χ2n) is 5.05. The van der Waals surface area contributed by atoms with Gasteiger partial charge in [-0.15, -0.1) is 0 Å². The topological polar surface area (TPSA) is 56.1 Å². The third-order valence-corrected chi connectivity index (χ3v) is 3.47. The number of para-hydroxylation sites is 1. The van der Waals surface area contributed by atoms with Gasteiger partial charge in [0.2, 0.25) is 0 Å². The van der Waals surface area contributed by atoms with E-state index in [0.717, 1.165) is 16.9 Å². The first-order chi connectivity index (χ1) is 11.3. The predicted molar refractivity (Wildman–Crippen MR) is 88.7 cm³/mol. The van der Waals surface area contributed by atoms with Gasteiger partial charge in [-0.1, -0.05) is 30.3 Å². The molecule has 0 saturated carbocycles. The van der Waals surface area contributed by atoms with Crippen molar-refractivity contribution >= 4 is 11.7 Å². The zero-order chi connectivity index (χ0) is 16.1. The number of hydrogen-bond acceptors (Lipinski definition) is 4.